The summed E-state index contributed by atoms with van der Waals surface area (Å²) < 4.78 is 0. The summed E-state index contributed by atoms with van der Waals surface area (Å²) in [6.07, 6.45) is 2.52. The van der Waals surface area contributed by atoms with Crippen molar-refractivity contribution in [2.45, 2.75) is 53.0 Å². The molecule has 0 saturated carbocycles. The van der Waals surface area contributed by atoms with Crippen LogP contribution in [0.3, 0.4) is 0 Å². The second-order valence-corrected chi connectivity index (χ2v) is 5.71. The van der Waals surface area contributed by atoms with Gasteiger partial charge in [-0.1, -0.05) is 19.1 Å². The van der Waals surface area contributed by atoms with Crippen LogP contribution in [0.25, 0.3) is 0 Å². The minimum absolute atomic E-state index is 0.252. The number of likely N-dealkylation sites (N-methyl/N-ethyl adjacent to an activating group) is 1. The molecule has 16 heavy (non-hydrogen) atoms. The second-order valence-electron chi connectivity index (χ2n) is 5.71. The lowest BCUT2D eigenvalue weighted by molar-refractivity contribution is 0.301. The zero-order chi connectivity index (χ0) is 12.6. The highest BCUT2D eigenvalue weighted by Crippen LogP contribution is 2.01. The van der Waals surface area contributed by atoms with Crippen LogP contribution < -0.4 is 5.32 Å². The third-order valence-electron chi connectivity index (χ3n) is 2.50. The molecule has 0 aliphatic heterocycles. The molecule has 0 saturated heterocycles. The quantitative estimate of drug-likeness (QED) is 0.505. The molecular weight excluding hydrogens is 196 g/mol. The molecule has 0 heterocycles. The molecule has 2 heteroatoms. The van der Waals surface area contributed by atoms with Gasteiger partial charge in [-0.25, -0.2) is 0 Å². The summed E-state index contributed by atoms with van der Waals surface area (Å²) in [4.78, 5) is 2.46. The van der Waals surface area contributed by atoms with E-state index >= 15 is 0 Å². The fraction of sp³-hybridized carbons (Fsp3) is 0.857. The van der Waals surface area contributed by atoms with E-state index in [1.165, 1.54) is 25.0 Å². The Morgan fingerprint density at radius 1 is 1.25 bits per heavy atom. The van der Waals surface area contributed by atoms with Crippen LogP contribution in [0, 0.1) is 0 Å². The standard InChI is InChI=1S/C14H30N2/c1-7-16(12-13(2)3)11-9-8-10-15-14(4,5)6/h15H,2,7-12H2,1,3-6H3. The van der Waals surface area contributed by atoms with Crippen LogP contribution in [0.15, 0.2) is 12.2 Å². The van der Waals surface area contributed by atoms with Crippen LogP contribution >= 0.6 is 0 Å². The summed E-state index contributed by atoms with van der Waals surface area (Å²) >= 11 is 0. The van der Waals surface area contributed by atoms with Crippen molar-refractivity contribution in [3.63, 3.8) is 0 Å². The SMILES string of the molecule is C=C(C)CN(CC)CCCCNC(C)(C)C. The molecule has 0 aliphatic rings. The minimum atomic E-state index is 0.252. The molecule has 0 aliphatic carbocycles. The third kappa shape index (κ3) is 10.2. The highest BCUT2D eigenvalue weighted by atomic mass is 15.1. The second kappa shape index (κ2) is 7.86. The van der Waals surface area contributed by atoms with E-state index in [9.17, 15) is 0 Å². The normalized spacial score (nSPS) is 12.1. The van der Waals surface area contributed by atoms with Gasteiger partial charge in [-0.05, 0) is 60.2 Å². The van der Waals surface area contributed by atoms with E-state index in [1.807, 2.05) is 0 Å². The van der Waals surface area contributed by atoms with E-state index in [2.05, 4.69) is 51.4 Å². The molecule has 0 rings (SSSR count). The van der Waals surface area contributed by atoms with Crippen molar-refractivity contribution in [1.82, 2.24) is 10.2 Å². The van der Waals surface area contributed by atoms with Crippen LogP contribution in [0.5, 0.6) is 0 Å². The largest absolute Gasteiger partial charge is 0.312 e. The van der Waals surface area contributed by atoms with Crippen LogP contribution in [0.1, 0.15) is 47.5 Å². The molecule has 0 bridgehead atoms. The molecule has 0 amide bonds. The van der Waals surface area contributed by atoms with Crippen molar-refractivity contribution in [1.29, 1.82) is 0 Å². The van der Waals surface area contributed by atoms with E-state index in [4.69, 9.17) is 0 Å². The van der Waals surface area contributed by atoms with Crippen LogP contribution in [0.2, 0.25) is 0 Å². The number of nitrogens with zero attached hydrogens (tertiary/aromatic N) is 1. The Morgan fingerprint density at radius 2 is 1.88 bits per heavy atom. The highest BCUT2D eigenvalue weighted by Gasteiger charge is 2.07. The Kier molecular flexibility index (Phi) is 7.69. The highest BCUT2D eigenvalue weighted by molar-refractivity contribution is 4.91. The van der Waals surface area contributed by atoms with Crippen molar-refractivity contribution in [2.75, 3.05) is 26.2 Å². The van der Waals surface area contributed by atoms with Gasteiger partial charge in [0, 0.05) is 12.1 Å². The molecule has 1 N–H and O–H groups in total. The van der Waals surface area contributed by atoms with Gasteiger partial charge in [-0.2, -0.15) is 0 Å². The summed E-state index contributed by atoms with van der Waals surface area (Å²) in [5.74, 6) is 0. The van der Waals surface area contributed by atoms with Crippen LogP contribution in [0.4, 0.5) is 0 Å². The van der Waals surface area contributed by atoms with E-state index in [1.54, 1.807) is 0 Å². The fourth-order valence-electron chi connectivity index (χ4n) is 1.65. The lowest BCUT2D eigenvalue weighted by Gasteiger charge is -2.22. The maximum atomic E-state index is 3.97. The van der Waals surface area contributed by atoms with E-state index in [0.717, 1.165) is 19.6 Å². The first-order valence-electron chi connectivity index (χ1n) is 6.47. The first-order valence-corrected chi connectivity index (χ1v) is 6.47. The Bertz CT molecular complexity index is 191. The maximum Gasteiger partial charge on any atom is 0.0187 e. The van der Waals surface area contributed by atoms with Gasteiger partial charge in [0.15, 0.2) is 0 Å². The summed E-state index contributed by atoms with van der Waals surface area (Å²) in [6.45, 7) is 19.4. The molecule has 0 aromatic rings. The van der Waals surface area contributed by atoms with Crippen molar-refractivity contribution < 1.29 is 0 Å². The number of unbranched alkanes of at least 4 members (excludes halogenated alkanes) is 1. The van der Waals surface area contributed by atoms with Gasteiger partial charge in [0.1, 0.15) is 0 Å². The van der Waals surface area contributed by atoms with Crippen molar-refractivity contribution in [3.8, 4) is 0 Å². The monoisotopic (exact) mass is 226 g/mol. The smallest absolute Gasteiger partial charge is 0.0187 e. The van der Waals surface area contributed by atoms with Crippen molar-refractivity contribution in [2.24, 2.45) is 0 Å². The first-order chi connectivity index (χ1) is 7.35. The Balaban J connectivity index is 3.52. The van der Waals surface area contributed by atoms with Crippen LogP contribution in [-0.2, 0) is 0 Å². The number of hydrogen-bond acceptors (Lipinski definition) is 2. The third-order valence-corrected chi connectivity index (χ3v) is 2.50. The van der Waals surface area contributed by atoms with E-state index in [-0.39, 0.29) is 5.54 Å². The lowest BCUT2D eigenvalue weighted by atomic mass is 10.1. The molecule has 0 unspecified atom stereocenters. The van der Waals surface area contributed by atoms with Crippen molar-refractivity contribution >= 4 is 0 Å². The van der Waals surface area contributed by atoms with E-state index in [0.29, 0.717) is 0 Å². The average molecular weight is 226 g/mol. The van der Waals surface area contributed by atoms with E-state index < -0.39 is 0 Å². The Labute approximate surface area is 102 Å². The minimum Gasteiger partial charge on any atom is -0.312 e. The molecule has 96 valence electrons. The van der Waals surface area contributed by atoms with Gasteiger partial charge in [0.25, 0.3) is 0 Å². The van der Waals surface area contributed by atoms with Gasteiger partial charge < -0.3 is 5.32 Å². The van der Waals surface area contributed by atoms with Gasteiger partial charge >= 0.3 is 0 Å². The zero-order valence-electron chi connectivity index (χ0n) is 11.9. The number of rotatable bonds is 8. The average Bonchev–Trinajstić information content (AvgIpc) is 2.13. The predicted octanol–water partition coefficient (Wildman–Crippen LogP) is 3.05. The topological polar surface area (TPSA) is 15.3 Å². The number of nitrogens with one attached hydrogen (secondary N) is 1. The van der Waals surface area contributed by atoms with Crippen molar-refractivity contribution in [3.05, 3.63) is 12.2 Å². The molecule has 0 fully saturated rings. The molecular formula is C14H30N2. The summed E-state index contributed by atoms with van der Waals surface area (Å²) in [5.41, 5.74) is 1.51. The number of hydrogen-bond donors (Lipinski definition) is 1. The molecule has 0 spiro atoms. The maximum absolute atomic E-state index is 3.97. The Hall–Kier alpha value is -0.340. The summed E-state index contributed by atoms with van der Waals surface area (Å²) in [5, 5.41) is 3.52. The van der Waals surface area contributed by atoms with Gasteiger partial charge in [-0.15, -0.1) is 0 Å². The zero-order valence-corrected chi connectivity index (χ0v) is 11.9. The van der Waals surface area contributed by atoms with Gasteiger partial charge in [-0.3, -0.25) is 4.90 Å². The predicted molar refractivity (Wildman–Crippen MR) is 73.9 cm³/mol. The van der Waals surface area contributed by atoms with Gasteiger partial charge in [0.2, 0.25) is 0 Å². The molecule has 0 aromatic heterocycles. The van der Waals surface area contributed by atoms with Gasteiger partial charge in [0.05, 0.1) is 0 Å². The molecule has 2 nitrogen and oxygen atoms in total. The van der Waals surface area contributed by atoms with Crippen LogP contribution in [-0.4, -0.2) is 36.6 Å². The lowest BCUT2D eigenvalue weighted by Crippen LogP contribution is -2.36. The summed E-state index contributed by atoms with van der Waals surface area (Å²) in [7, 11) is 0. The molecule has 0 atom stereocenters. The molecule has 0 radical (unpaired) electrons. The Morgan fingerprint density at radius 3 is 2.31 bits per heavy atom. The molecule has 0 aromatic carbocycles. The summed E-state index contributed by atoms with van der Waals surface area (Å²) in [6, 6.07) is 0. The first kappa shape index (κ1) is 15.7. The fourth-order valence-corrected chi connectivity index (χ4v) is 1.65.